The van der Waals surface area contributed by atoms with E-state index in [9.17, 15) is 18.0 Å². The number of carbonyl (C=O) groups is 1. The van der Waals surface area contributed by atoms with Gasteiger partial charge in [-0.25, -0.2) is 19.2 Å². The summed E-state index contributed by atoms with van der Waals surface area (Å²) < 4.78 is 41.9. The summed E-state index contributed by atoms with van der Waals surface area (Å²) in [6.07, 6.45) is 3.94. The number of aryl methyl sites for hydroxylation is 1. The zero-order chi connectivity index (χ0) is 24.7. The highest BCUT2D eigenvalue weighted by molar-refractivity contribution is 6.03. The number of nitrogens with one attached hydrogen (secondary N) is 1. The smallest absolute Gasteiger partial charge is 0.381 e. The number of halogens is 3. The fraction of sp³-hybridized carbons (Fsp3) is 0.0952. The molecule has 0 aliphatic heterocycles. The lowest BCUT2D eigenvalue weighted by molar-refractivity contribution is -0.137. The molecule has 5 aromatic rings. The molecule has 1 amide bonds. The number of pyridine rings is 2. The number of aromatic nitrogens is 8. The van der Waals surface area contributed by atoms with Crippen molar-refractivity contribution in [3.8, 4) is 16.9 Å². The molecule has 14 heteroatoms. The summed E-state index contributed by atoms with van der Waals surface area (Å²) >= 11 is 0. The number of hydrogen-bond acceptors (Lipinski definition) is 8. The van der Waals surface area contributed by atoms with Crippen LogP contribution in [-0.4, -0.2) is 45.2 Å². The minimum atomic E-state index is -4.59. The summed E-state index contributed by atoms with van der Waals surface area (Å²) in [6, 6.07) is 3.07. The monoisotopic (exact) mass is 480 g/mol. The van der Waals surface area contributed by atoms with Crippen LogP contribution in [0.15, 0.2) is 55.5 Å². The van der Waals surface area contributed by atoms with Crippen molar-refractivity contribution < 1.29 is 18.0 Å². The number of alkyl halides is 3. The molecule has 11 nitrogen and oxygen atoms in total. The van der Waals surface area contributed by atoms with Crippen LogP contribution in [0.1, 0.15) is 21.7 Å². The van der Waals surface area contributed by atoms with E-state index in [4.69, 9.17) is 5.73 Å². The Kier molecular flexibility index (Phi) is 5.12. The molecule has 5 rings (SSSR count). The second kappa shape index (κ2) is 8.16. The number of nitrogen functional groups attached to an aromatic ring is 1. The highest BCUT2D eigenvalue weighted by Crippen LogP contribution is 2.29. The summed E-state index contributed by atoms with van der Waals surface area (Å²) in [4.78, 5) is 28.6. The van der Waals surface area contributed by atoms with E-state index in [0.29, 0.717) is 34.4 Å². The molecule has 5 aromatic heterocycles. The number of amides is 1. The zero-order valence-corrected chi connectivity index (χ0v) is 17.9. The molecular formula is C21H15F3N10O. The molecule has 0 unspecified atom stereocenters. The molecule has 0 aliphatic rings. The first-order valence-electron chi connectivity index (χ1n) is 10.0. The molecule has 0 aromatic carbocycles. The summed E-state index contributed by atoms with van der Waals surface area (Å²) in [5.74, 6) is -0.575. The summed E-state index contributed by atoms with van der Waals surface area (Å²) in [5, 5.41) is 11.0. The molecular weight excluding hydrogens is 465 g/mol. The molecule has 0 saturated carbocycles. The Morgan fingerprint density at radius 1 is 1.06 bits per heavy atom. The van der Waals surface area contributed by atoms with Crippen molar-refractivity contribution in [1.29, 1.82) is 0 Å². The van der Waals surface area contributed by atoms with Gasteiger partial charge in [0.1, 0.15) is 12.0 Å². The van der Waals surface area contributed by atoms with Crippen molar-refractivity contribution in [2.24, 2.45) is 0 Å². The first-order chi connectivity index (χ1) is 16.7. The molecule has 0 radical (unpaired) electrons. The number of nitrogens with two attached hydrogens (primary N) is 1. The SMILES string of the molecule is Cc1ncc(NC(=O)c2cc(C(F)(F)F)ccn2)cc1-n1cc(-c2cnc3c(N)ncnn23)cn1. The van der Waals surface area contributed by atoms with E-state index in [0.717, 1.165) is 12.3 Å². The first-order valence-corrected chi connectivity index (χ1v) is 10.0. The maximum atomic E-state index is 13.0. The van der Waals surface area contributed by atoms with Crippen LogP contribution in [0.5, 0.6) is 0 Å². The predicted octanol–water partition coefficient (Wildman–Crippen LogP) is 2.93. The van der Waals surface area contributed by atoms with Crippen LogP contribution in [0, 0.1) is 6.92 Å². The van der Waals surface area contributed by atoms with Crippen LogP contribution in [-0.2, 0) is 6.18 Å². The number of rotatable bonds is 4. The van der Waals surface area contributed by atoms with Crippen LogP contribution in [0.2, 0.25) is 0 Å². The summed E-state index contributed by atoms with van der Waals surface area (Å²) in [7, 11) is 0. The molecule has 5 heterocycles. The molecule has 0 saturated heterocycles. The third-order valence-electron chi connectivity index (χ3n) is 5.09. The number of imidazole rings is 1. The van der Waals surface area contributed by atoms with E-state index in [-0.39, 0.29) is 17.2 Å². The minimum Gasteiger partial charge on any atom is -0.381 e. The molecule has 176 valence electrons. The van der Waals surface area contributed by atoms with Crippen LogP contribution in [0.4, 0.5) is 24.7 Å². The molecule has 35 heavy (non-hydrogen) atoms. The van der Waals surface area contributed by atoms with Gasteiger partial charge in [0.15, 0.2) is 11.5 Å². The Hall–Kier alpha value is -4.88. The van der Waals surface area contributed by atoms with Crippen molar-refractivity contribution in [2.75, 3.05) is 11.1 Å². The van der Waals surface area contributed by atoms with Gasteiger partial charge in [0, 0.05) is 18.0 Å². The third-order valence-corrected chi connectivity index (χ3v) is 5.09. The second-order valence-corrected chi connectivity index (χ2v) is 7.41. The fourth-order valence-corrected chi connectivity index (χ4v) is 3.37. The summed E-state index contributed by atoms with van der Waals surface area (Å²) in [5.41, 5.74) is 7.58. The van der Waals surface area contributed by atoms with E-state index in [1.54, 1.807) is 36.3 Å². The third kappa shape index (κ3) is 4.12. The predicted molar refractivity (Wildman–Crippen MR) is 117 cm³/mol. The van der Waals surface area contributed by atoms with Crippen molar-refractivity contribution >= 4 is 23.1 Å². The molecule has 0 fully saturated rings. The first kappa shape index (κ1) is 21.9. The van der Waals surface area contributed by atoms with Gasteiger partial charge in [-0.05, 0) is 25.1 Å². The molecule has 0 aliphatic carbocycles. The van der Waals surface area contributed by atoms with Crippen molar-refractivity contribution in [3.05, 3.63) is 72.5 Å². The second-order valence-electron chi connectivity index (χ2n) is 7.41. The van der Waals surface area contributed by atoms with E-state index >= 15 is 0 Å². The zero-order valence-electron chi connectivity index (χ0n) is 17.9. The summed E-state index contributed by atoms with van der Waals surface area (Å²) in [6.45, 7) is 1.75. The van der Waals surface area contributed by atoms with E-state index in [2.05, 4.69) is 35.5 Å². The van der Waals surface area contributed by atoms with Crippen molar-refractivity contribution in [2.45, 2.75) is 13.1 Å². The van der Waals surface area contributed by atoms with Gasteiger partial charge in [0.25, 0.3) is 5.91 Å². The van der Waals surface area contributed by atoms with Crippen LogP contribution in [0.25, 0.3) is 22.6 Å². The highest BCUT2D eigenvalue weighted by atomic mass is 19.4. The Morgan fingerprint density at radius 2 is 1.89 bits per heavy atom. The number of fused-ring (bicyclic) bond motifs is 1. The molecule has 3 N–H and O–H groups in total. The number of nitrogens with zero attached hydrogens (tertiary/aromatic N) is 8. The average molecular weight is 480 g/mol. The lowest BCUT2D eigenvalue weighted by atomic mass is 10.2. The maximum absolute atomic E-state index is 13.0. The molecule has 0 atom stereocenters. The minimum absolute atomic E-state index is 0.234. The number of hydrogen-bond donors (Lipinski definition) is 2. The van der Waals surface area contributed by atoms with Gasteiger partial charge in [0.05, 0.1) is 46.9 Å². The quantitative estimate of drug-likeness (QED) is 0.400. The van der Waals surface area contributed by atoms with Gasteiger partial charge in [-0.2, -0.15) is 23.4 Å². The highest BCUT2D eigenvalue weighted by Gasteiger charge is 2.31. The van der Waals surface area contributed by atoms with Crippen LogP contribution >= 0.6 is 0 Å². The normalized spacial score (nSPS) is 11.7. The molecule has 0 spiro atoms. The van der Waals surface area contributed by atoms with Crippen molar-refractivity contribution in [3.63, 3.8) is 0 Å². The van der Waals surface area contributed by atoms with E-state index in [1.165, 1.54) is 17.0 Å². The van der Waals surface area contributed by atoms with Gasteiger partial charge in [-0.15, -0.1) is 0 Å². The maximum Gasteiger partial charge on any atom is 0.416 e. The van der Waals surface area contributed by atoms with Gasteiger partial charge in [-0.1, -0.05) is 0 Å². The Labute approximate surface area is 194 Å². The molecule has 0 bridgehead atoms. The lowest BCUT2D eigenvalue weighted by Crippen LogP contribution is -2.16. The van der Waals surface area contributed by atoms with Gasteiger partial charge in [-0.3, -0.25) is 14.8 Å². The fourth-order valence-electron chi connectivity index (χ4n) is 3.37. The standard InChI is InChI=1S/C21H15F3N10O/c1-11-16(33-9-12(6-30-33)17-8-28-19-18(25)29-10-31-34(17)19)5-14(7-27-11)32-20(35)15-4-13(2-3-26-15)21(22,23)24/h2-10H,1H3,(H,32,35)(H2,25,29,31). The number of carbonyl (C=O) groups excluding carboxylic acids is 1. The topological polar surface area (TPSA) is 142 Å². The van der Waals surface area contributed by atoms with Crippen LogP contribution < -0.4 is 11.1 Å². The van der Waals surface area contributed by atoms with E-state index < -0.39 is 17.6 Å². The van der Waals surface area contributed by atoms with Gasteiger partial charge >= 0.3 is 6.18 Å². The van der Waals surface area contributed by atoms with E-state index in [1.807, 2.05) is 0 Å². The Balaban J connectivity index is 1.43. The Morgan fingerprint density at radius 3 is 2.69 bits per heavy atom. The Bertz CT molecular complexity index is 1570. The number of anilines is 2. The van der Waals surface area contributed by atoms with Crippen LogP contribution in [0.3, 0.4) is 0 Å². The van der Waals surface area contributed by atoms with Crippen molar-refractivity contribution in [1.82, 2.24) is 39.3 Å². The van der Waals surface area contributed by atoms with Gasteiger partial charge in [0.2, 0.25) is 0 Å². The largest absolute Gasteiger partial charge is 0.416 e. The average Bonchev–Trinajstić information content (AvgIpc) is 3.48. The lowest BCUT2D eigenvalue weighted by Gasteiger charge is -2.10. The van der Waals surface area contributed by atoms with Gasteiger partial charge < -0.3 is 11.1 Å².